The Morgan fingerprint density at radius 3 is 3.00 bits per heavy atom. The van der Waals surface area contributed by atoms with Gasteiger partial charge < -0.3 is 14.5 Å². The number of ether oxygens (including phenoxy) is 1. The van der Waals surface area contributed by atoms with Gasteiger partial charge in [0.15, 0.2) is 0 Å². The lowest BCUT2D eigenvalue weighted by Crippen LogP contribution is -2.19. The standard InChI is InChI=1S/C12H22N2O2/c1-13-8-11-7-12(16-10-11)9-14(2)5-4-6-15-3/h7,10,13H,4-6,8-9H2,1-3H3. The summed E-state index contributed by atoms with van der Waals surface area (Å²) in [6, 6.07) is 2.10. The van der Waals surface area contributed by atoms with Crippen LogP contribution in [0.1, 0.15) is 17.7 Å². The van der Waals surface area contributed by atoms with Crippen LogP contribution >= 0.6 is 0 Å². The fourth-order valence-electron chi connectivity index (χ4n) is 1.63. The van der Waals surface area contributed by atoms with Crippen LogP contribution in [0.4, 0.5) is 0 Å². The highest BCUT2D eigenvalue weighted by Crippen LogP contribution is 2.09. The van der Waals surface area contributed by atoms with Crippen LogP contribution in [0.15, 0.2) is 16.7 Å². The Morgan fingerprint density at radius 2 is 2.31 bits per heavy atom. The number of nitrogens with zero attached hydrogens (tertiary/aromatic N) is 1. The van der Waals surface area contributed by atoms with E-state index in [9.17, 15) is 0 Å². The van der Waals surface area contributed by atoms with Crippen molar-refractivity contribution in [3.05, 3.63) is 23.7 Å². The minimum Gasteiger partial charge on any atom is -0.468 e. The molecule has 0 fully saturated rings. The van der Waals surface area contributed by atoms with Crippen LogP contribution in [0.5, 0.6) is 0 Å². The van der Waals surface area contributed by atoms with E-state index in [-0.39, 0.29) is 0 Å². The molecule has 0 spiro atoms. The molecular weight excluding hydrogens is 204 g/mol. The molecule has 0 bridgehead atoms. The summed E-state index contributed by atoms with van der Waals surface area (Å²) in [7, 11) is 5.76. The van der Waals surface area contributed by atoms with Gasteiger partial charge in [0.1, 0.15) is 5.76 Å². The molecule has 4 nitrogen and oxygen atoms in total. The normalized spacial score (nSPS) is 11.2. The third-order valence-corrected chi connectivity index (χ3v) is 2.40. The van der Waals surface area contributed by atoms with Gasteiger partial charge in [0.2, 0.25) is 0 Å². The van der Waals surface area contributed by atoms with Crippen LogP contribution in [0, 0.1) is 0 Å². The third kappa shape index (κ3) is 4.79. The highest BCUT2D eigenvalue weighted by molar-refractivity contribution is 5.12. The van der Waals surface area contributed by atoms with E-state index >= 15 is 0 Å². The van der Waals surface area contributed by atoms with Gasteiger partial charge >= 0.3 is 0 Å². The van der Waals surface area contributed by atoms with Crippen LogP contribution in [0.25, 0.3) is 0 Å². The fourth-order valence-corrected chi connectivity index (χ4v) is 1.63. The topological polar surface area (TPSA) is 37.6 Å². The second-order valence-electron chi connectivity index (χ2n) is 4.04. The summed E-state index contributed by atoms with van der Waals surface area (Å²) in [5.74, 6) is 1.02. The number of nitrogens with one attached hydrogen (secondary N) is 1. The quantitative estimate of drug-likeness (QED) is 0.681. The first-order valence-electron chi connectivity index (χ1n) is 5.64. The molecule has 92 valence electrons. The van der Waals surface area contributed by atoms with Gasteiger partial charge in [0.25, 0.3) is 0 Å². The van der Waals surface area contributed by atoms with Gasteiger partial charge in [-0.3, -0.25) is 4.90 Å². The lowest BCUT2D eigenvalue weighted by atomic mass is 10.3. The summed E-state index contributed by atoms with van der Waals surface area (Å²) in [6.45, 7) is 3.55. The van der Waals surface area contributed by atoms with Crippen molar-refractivity contribution in [2.45, 2.75) is 19.5 Å². The van der Waals surface area contributed by atoms with Crippen LogP contribution in [-0.4, -0.2) is 39.3 Å². The lowest BCUT2D eigenvalue weighted by Gasteiger charge is -2.14. The predicted octanol–water partition coefficient (Wildman–Crippen LogP) is 1.47. The molecule has 1 aromatic rings. The second kappa shape index (κ2) is 7.44. The first kappa shape index (κ1) is 13.2. The van der Waals surface area contributed by atoms with E-state index in [1.807, 2.05) is 13.3 Å². The Hall–Kier alpha value is -0.840. The summed E-state index contributed by atoms with van der Waals surface area (Å²) in [5.41, 5.74) is 1.20. The molecule has 0 unspecified atom stereocenters. The van der Waals surface area contributed by atoms with Gasteiger partial charge in [0.05, 0.1) is 12.8 Å². The molecule has 0 amide bonds. The molecule has 1 rings (SSSR count). The van der Waals surface area contributed by atoms with Gasteiger partial charge in [-0.25, -0.2) is 0 Å². The van der Waals surface area contributed by atoms with E-state index in [0.717, 1.165) is 38.4 Å². The van der Waals surface area contributed by atoms with Gasteiger partial charge in [-0.1, -0.05) is 0 Å². The Labute approximate surface area is 97.6 Å². The second-order valence-corrected chi connectivity index (χ2v) is 4.04. The van der Waals surface area contributed by atoms with Gasteiger partial charge in [-0.05, 0) is 26.6 Å². The molecule has 0 aromatic carbocycles. The molecule has 4 heteroatoms. The minimum absolute atomic E-state index is 0.813. The Bertz CT molecular complexity index is 286. The molecule has 0 aliphatic heterocycles. The molecule has 0 atom stereocenters. The number of furan rings is 1. The molecule has 1 aromatic heterocycles. The smallest absolute Gasteiger partial charge is 0.118 e. The average Bonchev–Trinajstić information content (AvgIpc) is 2.66. The first-order chi connectivity index (χ1) is 7.76. The van der Waals surface area contributed by atoms with E-state index in [4.69, 9.17) is 9.15 Å². The zero-order valence-corrected chi connectivity index (χ0v) is 10.5. The van der Waals surface area contributed by atoms with Crippen molar-refractivity contribution in [2.24, 2.45) is 0 Å². The van der Waals surface area contributed by atoms with E-state index in [1.54, 1.807) is 7.11 Å². The van der Waals surface area contributed by atoms with Crippen molar-refractivity contribution in [2.75, 3.05) is 34.4 Å². The van der Waals surface area contributed by atoms with Gasteiger partial charge in [-0.2, -0.15) is 0 Å². The monoisotopic (exact) mass is 226 g/mol. The summed E-state index contributed by atoms with van der Waals surface area (Å²) < 4.78 is 10.5. The van der Waals surface area contributed by atoms with Crippen LogP contribution in [0.2, 0.25) is 0 Å². The van der Waals surface area contributed by atoms with Crippen molar-refractivity contribution in [3.63, 3.8) is 0 Å². The van der Waals surface area contributed by atoms with Crippen LogP contribution in [0.3, 0.4) is 0 Å². The van der Waals surface area contributed by atoms with Crippen molar-refractivity contribution in [1.29, 1.82) is 0 Å². The molecule has 0 saturated heterocycles. The summed E-state index contributed by atoms with van der Waals surface area (Å²) in [5, 5.41) is 3.10. The van der Waals surface area contributed by atoms with Crippen molar-refractivity contribution < 1.29 is 9.15 Å². The Kier molecular flexibility index (Phi) is 6.15. The Morgan fingerprint density at radius 1 is 1.50 bits per heavy atom. The minimum atomic E-state index is 0.813. The number of hydrogen-bond acceptors (Lipinski definition) is 4. The maximum absolute atomic E-state index is 5.48. The summed E-state index contributed by atoms with van der Waals surface area (Å²) in [4.78, 5) is 2.24. The molecular formula is C12H22N2O2. The zero-order valence-electron chi connectivity index (χ0n) is 10.5. The maximum atomic E-state index is 5.48. The SMILES string of the molecule is CNCc1coc(CN(C)CCCOC)c1. The number of hydrogen-bond donors (Lipinski definition) is 1. The first-order valence-corrected chi connectivity index (χ1v) is 5.64. The molecule has 1 N–H and O–H groups in total. The number of methoxy groups -OCH3 is 1. The maximum Gasteiger partial charge on any atom is 0.118 e. The van der Waals surface area contributed by atoms with Crippen molar-refractivity contribution in [3.8, 4) is 0 Å². The molecule has 16 heavy (non-hydrogen) atoms. The van der Waals surface area contributed by atoms with Crippen molar-refractivity contribution in [1.82, 2.24) is 10.2 Å². The molecule has 0 saturated carbocycles. The van der Waals surface area contributed by atoms with E-state index in [2.05, 4.69) is 23.3 Å². The zero-order chi connectivity index (χ0) is 11.8. The van der Waals surface area contributed by atoms with E-state index < -0.39 is 0 Å². The lowest BCUT2D eigenvalue weighted by molar-refractivity contribution is 0.176. The molecule has 0 radical (unpaired) electrons. The Balaban J connectivity index is 2.28. The fraction of sp³-hybridized carbons (Fsp3) is 0.667. The third-order valence-electron chi connectivity index (χ3n) is 2.40. The summed E-state index contributed by atoms with van der Waals surface area (Å²) >= 11 is 0. The highest BCUT2D eigenvalue weighted by atomic mass is 16.5. The van der Waals surface area contributed by atoms with Crippen LogP contribution < -0.4 is 5.32 Å². The van der Waals surface area contributed by atoms with E-state index in [1.165, 1.54) is 5.56 Å². The largest absolute Gasteiger partial charge is 0.468 e. The summed E-state index contributed by atoms with van der Waals surface area (Å²) in [6.07, 6.45) is 2.87. The highest BCUT2D eigenvalue weighted by Gasteiger charge is 2.04. The molecule has 1 heterocycles. The molecule has 0 aliphatic rings. The van der Waals surface area contributed by atoms with Gasteiger partial charge in [0, 0.05) is 32.4 Å². The van der Waals surface area contributed by atoms with E-state index in [0.29, 0.717) is 0 Å². The van der Waals surface area contributed by atoms with Crippen LogP contribution in [-0.2, 0) is 17.8 Å². The van der Waals surface area contributed by atoms with Crippen molar-refractivity contribution >= 4 is 0 Å². The molecule has 0 aliphatic carbocycles. The predicted molar refractivity (Wildman–Crippen MR) is 64.3 cm³/mol. The average molecular weight is 226 g/mol. The van der Waals surface area contributed by atoms with Gasteiger partial charge in [-0.15, -0.1) is 0 Å². The number of rotatable bonds is 8.